The number of ether oxygens (including phenoxy) is 1. The van der Waals surface area contributed by atoms with Crippen molar-refractivity contribution in [2.24, 2.45) is 0 Å². The number of fused-ring (bicyclic) bond motifs is 1. The van der Waals surface area contributed by atoms with E-state index in [2.05, 4.69) is 58.1 Å². The van der Waals surface area contributed by atoms with Crippen molar-refractivity contribution in [1.82, 2.24) is 0 Å². The zero-order valence-corrected chi connectivity index (χ0v) is 24.3. The van der Waals surface area contributed by atoms with E-state index in [0.29, 0.717) is 22.9 Å². The number of carbonyl (C=O) groups is 2. The smallest absolute Gasteiger partial charge is 0.306 e. The first-order chi connectivity index (χ1) is 18.2. The molecule has 1 amide bonds. The molecule has 1 N–H and O–H groups in total. The molecule has 0 bridgehead atoms. The van der Waals surface area contributed by atoms with Gasteiger partial charge in [-0.15, -0.1) is 0 Å². The number of esters is 1. The number of unbranched alkanes of at least 4 members (excludes halogenated alkanes) is 6. The standard InChI is InChI=1S/C33H42ClNO3/c1-6-7-8-9-10-11-12-13-30(36)38-32(25-16-18-27(34)19-17-25)33(37)35-29-20-24(5)28-21-26(22(2)3)15-14-23(4)31(28)29/h14-22,32H,6-13H2,1-5H3,(H,35,37). The van der Waals surface area contributed by atoms with Crippen LogP contribution in [-0.2, 0) is 14.3 Å². The highest BCUT2D eigenvalue weighted by atomic mass is 35.5. The van der Waals surface area contributed by atoms with E-state index in [1.165, 1.54) is 31.2 Å². The van der Waals surface area contributed by atoms with Gasteiger partial charge in [-0.05, 0) is 66.6 Å². The monoisotopic (exact) mass is 535 g/mol. The molecular weight excluding hydrogens is 494 g/mol. The van der Waals surface area contributed by atoms with Crippen LogP contribution in [0, 0.1) is 13.8 Å². The summed E-state index contributed by atoms with van der Waals surface area (Å²) in [6, 6.07) is 15.3. The van der Waals surface area contributed by atoms with Crippen molar-refractivity contribution in [2.75, 3.05) is 5.32 Å². The lowest BCUT2D eigenvalue weighted by atomic mass is 10.0. The summed E-state index contributed by atoms with van der Waals surface area (Å²) >= 11 is 6.09. The number of halogens is 1. The molecule has 0 saturated carbocycles. The molecule has 4 nitrogen and oxygen atoms in total. The van der Waals surface area contributed by atoms with Crippen molar-refractivity contribution >= 4 is 29.2 Å². The summed E-state index contributed by atoms with van der Waals surface area (Å²) < 4.78 is 5.78. The van der Waals surface area contributed by atoms with Gasteiger partial charge in [0.25, 0.3) is 5.91 Å². The minimum Gasteiger partial charge on any atom is -0.447 e. The summed E-state index contributed by atoms with van der Waals surface area (Å²) in [6.45, 7) is 10.7. The summed E-state index contributed by atoms with van der Waals surface area (Å²) in [6.07, 6.45) is 7.03. The van der Waals surface area contributed by atoms with E-state index >= 15 is 0 Å². The first-order valence-electron chi connectivity index (χ1n) is 14.0. The van der Waals surface area contributed by atoms with Crippen LogP contribution in [0.5, 0.6) is 0 Å². The lowest BCUT2D eigenvalue weighted by Crippen LogP contribution is -2.26. The second-order valence-electron chi connectivity index (χ2n) is 10.6. The molecule has 204 valence electrons. The van der Waals surface area contributed by atoms with Crippen molar-refractivity contribution in [3.8, 4) is 11.1 Å². The summed E-state index contributed by atoms with van der Waals surface area (Å²) in [7, 11) is 0. The number of aryl methyl sites for hydroxylation is 2. The number of nitrogens with one attached hydrogen (secondary N) is 1. The van der Waals surface area contributed by atoms with Crippen molar-refractivity contribution in [3.05, 3.63) is 75.8 Å². The van der Waals surface area contributed by atoms with E-state index in [4.69, 9.17) is 16.3 Å². The Morgan fingerprint density at radius 1 is 0.842 bits per heavy atom. The first-order valence-corrected chi connectivity index (χ1v) is 14.4. The highest BCUT2D eigenvalue weighted by Crippen LogP contribution is 2.40. The quantitative estimate of drug-likeness (QED) is 0.175. The highest BCUT2D eigenvalue weighted by Gasteiger charge is 2.27. The largest absolute Gasteiger partial charge is 0.447 e. The Labute approximate surface area is 233 Å². The Kier molecular flexibility index (Phi) is 11.2. The van der Waals surface area contributed by atoms with Gasteiger partial charge in [-0.1, -0.05) is 101 Å². The molecule has 1 aromatic carbocycles. The SMILES string of the molecule is CCCCCCCCCC(=O)OC(C(=O)Nc1cc(C)c2cc(C(C)C)ccc(C)c1-2)c1ccc(Cl)cc1. The second kappa shape index (κ2) is 14.3. The Hall–Kier alpha value is -2.85. The predicted molar refractivity (Wildman–Crippen MR) is 158 cm³/mol. The zero-order chi connectivity index (χ0) is 27.7. The third kappa shape index (κ3) is 8.07. The van der Waals surface area contributed by atoms with Gasteiger partial charge in [-0.25, -0.2) is 0 Å². The van der Waals surface area contributed by atoms with Crippen LogP contribution in [0.15, 0.2) is 48.5 Å². The van der Waals surface area contributed by atoms with Crippen LogP contribution in [0.1, 0.15) is 106 Å². The van der Waals surface area contributed by atoms with Gasteiger partial charge in [0.2, 0.25) is 6.10 Å². The first kappa shape index (κ1) is 29.7. The Morgan fingerprint density at radius 3 is 2.13 bits per heavy atom. The highest BCUT2D eigenvalue weighted by molar-refractivity contribution is 6.30. The molecule has 3 rings (SSSR count). The van der Waals surface area contributed by atoms with Gasteiger partial charge >= 0.3 is 5.97 Å². The fraction of sp³-hybridized carbons (Fsp3) is 0.455. The van der Waals surface area contributed by atoms with Gasteiger partial charge in [0.15, 0.2) is 0 Å². The van der Waals surface area contributed by atoms with Crippen molar-refractivity contribution in [1.29, 1.82) is 0 Å². The summed E-state index contributed by atoms with van der Waals surface area (Å²) in [4.78, 5) is 26.4. The molecule has 2 aliphatic carbocycles. The van der Waals surface area contributed by atoms with Crippen LogP contribution in [0.2, 0.25) is 5.02 Å². The van der Waals surface area contributed by atoms with Gasteiger partial charge < -0.3 is 10.1 Å². The van der Waals surface area contributed by atoms with E-state index in [1.54, 1.807) is 24.3 Å². The van der Waals surface area contributed by atoms with Crippen molar-refractivity contribution < 1.29 is 14.3 Å². The van der Waals surface area contributed by atoms with Gasteiger partial charge in [-0.3, -0.25) is 9.59 Å². The minimum atomic E-state index is -1.06. The number of hydrogen-bond donors (Lipinski definition) is 1. The van der Waals surface area contributed by atoms with Gasteiger partial charge in [0.1, 0.15) is 0 Å². The molecule has 2 aliphatic rings. The van der Waals surface area contributed by atoms with Crippen LogP contribution < -0.4 is 5.32 Å². The molecular formula is C33H42ClNO3. The van der Waals surface area contributed by atoms with Gasteiger partial charge in [-0.2, -0.15) is 0 Å². The maximum Gasteiger partial charge on any atom is 0.306 e. The molecule has 1 aromatic rings. The molecule has 1 atom stereocenters. The summed E-state index contributed by atoms with van der Waals surface area (Å²) in [5.41, 5.74) is 6.86. The normalized spacial score (nSPS) is 12.1. The van der Waals surface area contributed by atoms with E-state index in [1.807, 2.05) is 6.07 Å². The maximum atomic E-state index is 13.6. The number of carbonyl (C=O) groups excluding carboxylic acids is 2. The van der Waals surface area contributed by atoms with Crippen LogP contribution in [0.25, 0.3) is 11.1 Å². The lowest BCUT2D eigenvalue weighted by Gasteiger charge is -2.19. The average molecular weight is 536 g/mol. The molecule has 0 heterocycles. The predicted octanol–water partition coefficient (Wildman–Crippen LogP) is 9.55. The van der Waals surface area contributed by atoms with Crippen molar-refractivity contribution in [3.63, 3.8) is 0 Å². The Balaban J connectivity index is 1.77. The summed E-state index contributed by atoms with van der Waals surface area (Å²) in [5, 5.41) is 3.63. The average Bonchev–Trinajstić information content (AvgIpc) is 3.06. The fourth-order valence-electron chi connectivity index (χ4n) is 4.82. The van der Waals surface area contributed by atoms with Crippen LogP contribution in [-0.4, -0.2) is 11.9 Å². The number of rotatable bonds is 13. The number of hydrogen-bond acceptors (Lipinski definition) is 3. The molecule has 0 saturated heterocycles. The van der Waals surface area contributed by atoms with Gasteiger partial charge in [0, 0.05) is 28.3 Å². The lowest BCUT2D eigenvalue weighted by molar-refractivity contribution is -0.154. The van der Waals surface area contributed by atoms with E-state index in [-0.39, 0.29) is 11.9 Å². The molecule has 1 unspecified atom stereocenters. The Morgan fingerprint density at radius 2 is 1.47 bits per heavy atom. The molecule has 0 spiro atoms. The van der Waals surface area contributed by atoms with Crippen molar-refractivity contribution in [2.45, 2.75) is 98.0 Å². The fourth-order valence-corrected chi connectivity index (χ4v) is 4.95. The molecule has 0 aliphatic heterocycles. The third-order valence-electron chi connectivity index (χ3n) is 7.12. The number of anilines is 1. The van der Waals surface area contributed by atoms with E-state index < -0.39 is 6.10 Å². The van der Waals surface area contributed by atoms with Crippen LogP contribution in [0.3, 0.4) is 0 Å². The maximum absolute atomic E-state index is 13.6. The third-order valence-corrected chi connectivity index (χ3v) is 7.38. The second-order valence-corrected chi connectivity index (χ2v) is 11.1. The summed E-state index contributed by atoms with van der Waals surface area (Å²) in [5.74, 6) is -0.342. The molecule has 0 aromatic heterocycles. The molecule has 0 radical (unpaired) electrons. The molecule has 5 heteroatoms. The Bertz CT molecular complexity index is 1190. The molecule has 0 fully saturated rings. The van der Waals surface area contributed by atoms with E-state index in [0.717, 1.165) is 47.2 Å². The zero-order valence-electron chi connectivity index (χ0n) is 23.5. The van der Waals surface area contributed by atoms with Gasteiger partial charge in [0.05, 0.1) is 0 Å². The van der Waals surface area contributed by atoms with Crippen LogP contribution in [0.4, 0.5) is 5.69 Å². The molecule has 38 heavy (non-hydrogen) atoms. The minimum absolute atomic E-state index is 0.302. The topological polar surface area (TPSA) is 55.4 Å². The number of benzene rings is 1. The van der Waals surface area contributed by atoms with E-state index in [9.17, 15) is 9.59 Å². The van der Waals surface area contributed by atoms with Crippen LogP contribution >= 0.6 is 11.6 Å². The number of amides is 1.